The molecule has 2 amide bonds. The number of nitrogens with one attached hydrogen (secondary N) is 3. The molecule has 1 atom stereocenters. The zero-order valence-corrected chi connectivity index (χ0v) is 13.0. The molecule has 0 radical (unpaired) electrons. The van der Waals surface area contributed by atoms with Crippen LogP contribution < -0.4 is 20.9 Å². The van der Waals surface area contributed by atoms with Crippen molar-refractivity contribution < 1.29 is 14.3 Å². The minimum Gasteiger partial charge on any atom is -0.468 e. The van der Waals surface area contributed by atoms with Crippen molar-refractivity contribution in [3.05, 3.63) is 46.2 Å². The summed E-state index contributed by atoms with van der Waals surface area (Å²) in [5, 5.41) is 5.29. The number of hydrogen-bond donors (Lipinski definition) is 3. The number of nitrogens with zero attached hydrogens (tertiary/aromatic N) is 1. The van der Waals surface area contributed by atoms with Gasteiger partial charge in [-0.25, -0.2) is 0 Å². The first-order valence-corrected chi connectivity index (χ1v) is 7.39. The van der Waals surface area contributed by atoms with Crippen LogP contribution in [-0.2, 0) is 16.0 Å². The summed E-state index contributed by atoms with van der Waals surface area (Å²) in [5.41, 5.74) is 0.613. The second-order valence-electron chi connectivity index (χ2n) is 5.41. The van der Waals surface area contributed by atoms with Gasteiger partial charge in [-0.15, -0.1) is 0 Å². The normalized spacial score (nSPS) is 16.0. The summed E-state index contributed by atoms with van der Waals surface area (Å²) in [4.78, 5) is 42.8. The highest BCUT2D eigenvalue weighted by Gasteiger charge is 2.31. The molecule has 0 bridgehead atoms. The molecule has 0 spiro atoms. The van der Waals surface area contributed by atoms with Gasteiger partial charge < -0.3 is 15.4 Å². The van der Waals surface area contributed by atoms with Crippen LogP contribution in [0.4, 0.5) is 11.5 Å². The zero-order valence-electron chi connectivity index (χ0n) is 13.0. The van der Waals surface area contributed by atoms with Crippen molar-refractivity contribution in [1.29, 1.82) is 0 Å². The van der Waals surface area contributed by atoms with Crippen LogP contribution in [0.3, 0.4) is 0 Å². The Morgan fingerprint density at radius 3 is 2.79 bits per heavy atom. The number of fused-ring (bicyclic) bond motifs is 1. The van der Waals surface area contributed by atoms with E-state index in [0.29, 0.717) is 11.3 Å². The van der Waals surface area contributed by atoms with Crippen LogP contribution in [0.2, 0.25) is 0 Å². The van der Waals surface area contributed by atoms with Gasteiger partial charge in [-0.1, -0.05) is 18.2 Å². The molecule has 1 aromatic heterocycles. The van der Waals surface area contributed by atoms with E-state index in [2.05, 4.69) is 20.6 Å². The second kappa shape index (κ2) is 6.53. The van der Waals surface area contributed by atoms with Gasteiger partial charge in [0.2, 0.25) is 11.8 Å². The van der Waals surface area contributed by atoms with Crippen LogP contribution in [0.15, 0.2) is 35.1 Å². The van der Waals surface area contributed by atoms with Crippen LogP contribution in [-0.4, -0.2) is 28.9 Å². The summed E-state index contributed by atoms with van der Waals surface area (Å²) in [6, 6.07) is 8.99. The van der Waals surface area contributed by atoms with Crippen LogP contribution in [0.25, 0.3) is 0 Å². The molecule has 2 aromatic rings. The van der Waals surface area contributed by atoms with Gasteiger partial charge in [-0.05, 0) is 18.6 Å². The van der Waals surface area contributed by atoms with Crippen molar-refractivity contribution in [2.45, 2.75) is 12.8 Å². The molecule has 1 aromatic carbocycles. The number of ether oxygens (including phenoxy) is 1. The maximum Gasteiger partial charge on any atom is 0.298 e. The van der Waals surface area contributed by atoms with Gasteiger partial charge >= 0.3 is 0 Å². The van der Waals surface area contributed by atoms with Crippen molar-refractivity contribution in [3.8, 4) is 6.01 Å². The fourth-order valence-electron chi connectivity index (χ4n) is 2.55. The average molecular weight is 328 g/mol. The highest BCUT2D eigenvalue weighted by atomic mass is 16.5. The van der Waals surface area contributed by atoms with E-state index in [9.17, 15) is 14.4 Å². The predicted molar refractivity (Wildman–Crippen MR) is 86.9 cm³/mol. The number of anilines is 2. The van der Waals surface area contributed by atoms with Gasteiger partial charge in [-0.3, -0.25) is 19.4 Å². The number of hydrogen-bond acceptors (Lipinski definition) is 5. The Balaban J connectivity index is 1.73. The first-order valence-electron chi connectivity index (χ1n) is 7.39. The van der Waals surface area contributed by atoms with Crippen molar-refractivity contribution in [1.82, 2.24) is 9.97 Å². The Kier molecular flexibility index (Phi) is 4.28. The minimum absolute atomic E-state index is 0.0222. The smallest absolute Gasteiger partial charge is 0.298 e. The number of H-pyrrole nitrogens is 1. The SMILES string of the molecule is COc1nc2c(c(=O)[nH]1)CC(CC(=O)Nc1ccccc1)C(=O)N2. The zero-order chi connectivity index (χ0) is 17.1. The van der Waals surface area contributed by atoms with Crippen molar-refractivity contribution in [2.75, 3.05) is 17.7 Å². The number of methoxy groups -OCH3 is 1. The molecule has 0 saturated heterocycles. The first-order chi connectivity index (χ1) is 11.6. The second-order valence-corrected chi connectivity index (χ2v) is 5.41. The monoisotopic (exact) mass is 328 g/mol. The maximum absolute atomic E-state index is 12.2. The third-order valence-corrected chi connectivity index (χ3v) is 3.74. The van der Waals surface area contributed by atoms with E-state index in [0.717, 1.165) is 0 Å². The minimum atomic E-state index is -0.627. The van der Waals surface area contributed by atoms with Gasteiger partial charge in [0.05, 0.1) is 18.6 Å². The summed E-state index contributed by atoms with van der Waals surface area (Å²) in [7, 11) is 1.37. The van der Waals surface area contributed by atoms with Gasteiger partial charge in [0.15, 0.2) is 0 Å². The lowest BCUT2D eigenvalue weighted by atomic mass is 9.92. The lowest BCUT2D eigenvalue weighted by molar-refractivity contribution is -0.125. The number of carbonyl (C=O) groups is 2. The number of amides is 2. The number of aromatic nitrogens is 2. The van der Waals surface area contributed by atoms with Gasteiger partial charge in [0, 0.05) is 12.1 Å². The molecule has 0 fully saturated rings. The number of carbonyl (C=O) groups excluding carboxylic acids is 2. The number of para-hydroxylation sites is 1. The van der Waals surface area contributed by atoms with Crippen LogP contribution >= 0.6 is 0 Å². The van der Waals surface area contributed by atoms with Gasteiger partial charge in [0.1, 0.15) is 5.82 Å². The third kappa shape index (κ3) is 3.27. The van der Waals surface area contributed by atoms with Crippen LogP contribution in [0.1, 0.15) is 12.0 Å². The molecule has 3 N–H and O–H groups in total. The summed E-state index contributed by atoms with van der Waals surface area (Å²) in [6.07, 6.45) is 0.126. The van der Waals surface area contributed by atoms with Gasteiger partial charge in [-0.2, -0.15) is 4.98 Å². The summed E-state index contributed by atoms with van der Waals surface area (Å²) >= 11 is 0. The Labute approximate surface area is 137 Å². The Hall–Kier alpha value is -3.16. The Bertz CT molecular complexity index is 832. The predicted octanol–water partition coefficient (Wildman–Crippen LogP) is 0.918. The maximum atomic E-state index is 12.2. The third-order valence-electron chi connectivity index (χ3n) is 3.74. The van der Waals surface area contributed by atoms with Crippen molar-refractivity contribution in [3.63, 3.8) is 0 Å². The molecule has 0 saturated carbocycles. The highest BCUT2D eigenvalue weighted by molar-refractivity contribution is 5.99. The summed E-state index contributed by atoms with van der Waals surface area (Å²) < 4.78 is 4.87. The lowest BCUT2D eigenvalue weighted by Gasteiger charge is -2.22. The lowest BCUT2D eigenvalue weighted by Crippen LogP contribution is -2.36. The molecule has 8 heteroatoms. The topological polar surface area (TPSA) is 113 Å². The van der Waals surface area contributed by atoms with Gasteiger partial charge in [0.25, 0.3) is 11.6 Å². The molecule has 1 unspecified atom stereocenters. The average Bonchev–Trinajstić information content (AvgIpc) is 2.56. The summed E-state index contributed by atoms with van der Waals surface area (Å²) in [6.45, 7) is 0. The Morgan fingerprint density at radius 1 is 1.33 bits per heavy atom. The number of rotatable bonds is 4. The highest BCUT2D eigenvalue weighted by Crippen LogP contribution is 2.24. The Morgan fingerprint density at radius 2 is 2.08 bits per heavy atom. The molecule has 3 rings (SSSR count). The quantitative estimate of drug-likeness (QED) is 0.772. The van der Waals surface area contributed by atoms with E-state index in [1.807, 2.05) is 6.07 Å². The number of benzene rings is 1. The fraction of sp³-hybridized carbons (Fsp3) is 0.250. The van der Waals surface area contributed by atoms with Crippen LogP contribution in [0, 0.1) is 5.92 Å². The largest absolute Gasteiger partial charge is 0.468 e. The summed E-state index contributed by atoms with van der Waals surface area (Å²) in [5.74, 6) is -1.08. The molecule has 24 heavy (non-hydrogen) atoms. The van der Waals surface area contributed by atoms with E-state index in [1.165, 1.54) is 7.11 Å². The molecule has 2 heterocycles. The number of aromatic amines is 1. The standard InChI is InChI=1S/C16H16N4O4/c1-24-16-19-13-11(15(23)20-16)7-9(14(22)18-13)8-12(21)17-10-5-3-2-4-6-10/h2-6,9H,7-8H2,1H3,(H,17,21)(H2,18,19,20,22,23). The van der Waals surface area contributed by atoms with E-state index in [4.69, 9.17) is 4.74 Å². The molecule has 8 nitrogen and oxygen atoms in total. The van der Waals surface area contributed by atoms with E-state index >= 15 is 0 Å². The van der Waals surface area contributed by atoms with E-state index in [1.54, 1.807) is 24.3 Å². The fourth-order valence-corrected chi connectivity index (χ4v) is 2.55. The van der Waals surface area contributed by atoms with Crippen molar-refractivity contribution >= 4 is 23.3 Å². The van der Waals surface area contributed by atoms with Crippen LogP contribution in [0.5, 0.6) is 6.01 Å². The molecule has 124 valence electrons. The van der Waals surface area contributed by atoms with E-state index in [-0.39, 0.29) is 42.0 Å². The first kappa shape index (κ1) is 15.7. The molecule has 0 aliphatic carbocycles. The molecular weight excluding hydrogens is 312 g/mol. The molecule has 1 aliphatic rings. The molecule has 1 aliphatic heterocycles. The molecular formula is C16H16N4O4. The van der Waals surface area contributed by atoms with E-state index < -0.39 is 5.92 Å². The van der Waals surface area contributed by atoms with Crippen molar-refractivity contribution in [2.24, 2.45) is 5.92 Å².